The molecular weight excluding hydrogens is 346 g/mol. The predicted octanol–water partition coefficient (Wildman–Crippen LogP) is 4.95. The highest BCUT2D eigenvalue weighted by atomic mass is 16.6. The summed E-state index contributed by atoms with van der Waals surface area (Å²) in [6.07, 6.45) is 5.40. The number of rotatable bonds is 5. The Morgan fingerprint density at radius 3 is 1.30 bits per heavy atom. The lowest BCUT2D eigenvalue weighted by molar-refractivity contribution is -0.385. The quantitative estimate of drug-likeness (QED) is 0.365. The Morgan fingerprint density at radius 1 is 0.667 bits per heavy atom. The Bertz CT molecular complexity index is 963. The SMILES string of the molecule is C#Cc1ccc(N(c2ccc([N+](=O)[O-])cc2)c2ccc([N+](=O)[O-])cc2)cc1. The van der Waals surface area contributed by atoms with Crippen molar-refractivity contribution >= 4 is 28.4 Å². The van der Waals surface area contributed by atoms with Gasteiger partial charge in [-0.05, 0) is 48.5 Å². The van der Waals surface area contributed by atoms with Gasteiger partial charge >= 0.3 is 0 Å². The molecule has 27 heavy (non-hydrogen) atoms. The molecule has 0 amide bonds. The second kappa shape index (κ2) is 7.37. The number of hydrogen-bond donors (Lipinski definition) is 0. The van der Waals surface area contributed by atoms with E-state index in [2.05, 4.69) is 5.92 Å². The number of nitro groups is 2. The minimum Gasteiger partial charge on any atom is -0.310 e. The zero-order valence-electron chi connectivity index (χ0n) is 14.0. The molecule has 0 unspecified atom stereocenters. The summed E-state index contributed by atoms with van der Waals surface area (Å²) in [4.78, 5) is 22.7. The van der Waals surface area contributed by atoms with Gasteiger partial charge in [-0.1, -0.05) is 5.92 Å². The van der Waals surface area contributed by atoms with Gasteiger partial charge in [-0.2, -0.15) is 0 Å². The number of anilines is 3. The lowest BCUT2D eigenvalue weighted by Crippen LogP contribution is -2.10. The van der Waals surface area contributed by atoms with Crippen molar-refractivity contribution in [1.29, 1.82) is 0 Å². The number of nitro benzene ring substituents is 2. The number of benzene rings is 3. The maximum atomic E-state index is 10.9. The van der Waals surface area contributed by atoms with Crippen LogP contribution >= 0.6 is 0 Å². The summed E-state index contributed by atoms with van der Waals surface area (Å²) in [6.45, 7) is 0. The second-order valence-corrected chi connectivity index (χ2v) is 5.57. The number of nitrogens with zero attached hydrogens (tertiary/aromatic N) is 3. The molecule has 0 bridgehead atoms. The molecule has 0 radical (unpaired) electrons. The molecule has 0 atom stereocenters. The molecule has 3 aromatic carbocycles. The molecule has 0 aromatic heterocycles. The first-order chi connectivity index (χ1) is 13.0. The summed E-state index contributed by atoms with van der Waals surface area (Å²) < 4.78 is 0. The first kappa shape index (κ1) is 17.6. The van der Waals surface area contributed by atoms with Crippen LogP contribution in [0.25, 0.3) is 0 Å². The monoisotopic (exact) mass is 359 g/mol. The van der Waals surface area contributed by atoms with Crippen LogP contribution < -0.4 is 4.90 Å². The molecule has 0 fully saturated rings. The topological polar surface area (TPSA) is 89.5 Å². The first-order valence-corrected chi connectivity index (χ1v) is 7.85. The maximum absolute atomic E-state index is 10.9. The third kappa shape index (κ3) is 3.75. The lowest BCUT2D eigenvalue weighted by Gasteiger charge is -2.25. The fourth-order valence-corrected chi connectivity index (χ4v) is 2.60. The van der Waals surface area contributed by atoms with Crippen molar-refractivity contribution in [2.24, 2.45) is 0 Å². The highest BCUT2D eigenvalue weighted by Gasteiger charge is 2.15. The Labute approximate surface area is 154 Å². The Kier molecular flexibility index (Phi) is 4.82. The van der Waals surface area contributed by atoms with Crippen LogP contribution in [0.15, 0.2) is 72.8 Å². The van der Waals surface area contributed by atoms with Crippen molar-refractivity contribution in [3.63, 3.8) is 0 Å². The summed E-state index contributed by atoms with van der Waals surface area (Å²) in [7, 11) is 0. The zero-order valence-corrected chi connectivity index (χ0v) is 14.0. The van der Waals surface area contributed by atoms with Crippen LogP contribution in [0.1, 0.15) is 5.56 Å². The van der Waals surface area contributed by atoms with Crippen LogP contribution in [0, 0.1) is 32.6 Å². The van der Waals surface area contributed by atoms with E-state index in [1.807, 2.05) is 17.0 Å². The van der Waals surface area contributed by atoms with Crippen LogP contribution in [0.2, 0.25) is 0 Å². The van der Waals surface area contributed by atoms with Crippen LogP contribution in [-0.4, -0.2) is 9.85 Å². The predicted molar refractivity (Wildman–Crippen MR) is 102 cm³/mol. The standard InChI is InChI=1S/C20H13N3O4/c1-2-15-3-5-16(6-4-15)21(17-7-11-19(12-8-17)22(24)25)18-9-13-20(14-10-18)23(26)27/h1,3-14H. The van der Waals surface area contributed by atoms with E-state index in [0.29, 0.717) is 16.9 Å². The fraction of sp³-hybridized carbons (Fsp3) is 0. The molecule has 7 nitrogen and oxygen atoms in total. The number of hydrogen-bond acceptors (Lipinski definition) is 5. The third-order valence-electron chi connectivity index (χ3n) is 3.93. The van der Waals surface area contributed by atoms with Crippen LogP contribution in [-0.2, 0) is 0 Å². The Morgan fingerprint density at radius 2 is 1.00 bits per heavy atom. The smallest absolute Gasteiger partial charge is 0.269 e. The summed E-state index contributed by atoms with van der Waals surface area (Å²) in [5.74, 6) is 2.54. The normalized spacial score (nSPS) is 10.0. The minimum absolute atomic E-state index is 0.0231. The van der Waals surface area contributed by atoms with Gasteiger partial charge in [-0.3, -0.25) is 20.2 Å². The van der Waals surface area contributed by atoms with E-state index in [-0.39, 0.29) is 11.4 Å². The number of non-ortho nitro benzene ring substituents is 2. The molecular formula is C20H13N3O4. The van der Waals surface area contributed by atoms with Crippen LogP contribution in [0.4, 0.5) is 28.4 Å². The zero-order chi connectivity index (χ0) is 19.4. The molecule has 7 heteroatoms. The molecule has 3 aromatic rings. The van der Waals surface area contributed by atoms with Gasteiger partial charge in [0.2, 0.25) is 0 Å². The molecule has 0 saturated carbocycles. The van der Waals surface area contributed by atoms with Gasteiger partial charge in [0.1, 0.15) is 0 Å². The Balaban J connectivity index is 2.08. The highest BCUT2D eigenvalue weighted by molar-refractivity contribution is 5.77. The molecule has 0 aliphatic rings. The highest BCUT2D eigenvalue weighted by Crippen LogP contribution is 2.36. The molecule has 0 aliphatic carbocycles. The van der Waals surface area contributed by atoms with Gasteiger partial charge in [-0.25, -0.2) is 0 Å². The van der Waals surface area contributed by atoms with Gasteiger partial charge in [0.05, 0.1) is 9.85 Å². The van der Waals surface area contributed by atoms with Crippen LogP contribution in [0.5, 0.6) is 0 Å². The summed E-state index contributed by atoms with van der Waals surface area (Å²) in [5.41, 5.74) is 2.77. The molecule has 0 N–H and O–H groups in total. The third-order valence-corrected chi connectivity index (χ3v) is 3.93. The Hall–Kier alpha value is -4.18. The van der Waals surface area contributed by atoms with E-state index in [1.165, 1.54) is 24.3 Å². The minimum atomic E-state index is -0.471. The molecule has 0 spiro atoms. The summed E-state index contributed by atoms with van der Waals surface area (Å²) >= 11 is 0. The average Bonchev–Trinajstić information content (AvgIpc) is 2.69. The van der Waals surface area contributed by atoms with Gasteiger partial charge in [0, 0.05) is 46.9 Å². The van der Waals surface area contributed by atoms with Crippen LogP contribution in [0.3, 0.4) is 0 Å². The number of terminal acetylenes is 1. The largest absolute Gasteiger partial charge is 0.310 e. The van der Waals surface area contributed by atoms with E-state index in [9.17, 15) is 20.2 Å². The van der Waals surface area contributed by atoms with Crippen molar-refractivity contribution in [3.8, 4) is 12.3 Å². The van der Waals surface area contributed by atoms with Gasteiger partial charge in [-0.15, -0.1) is 6.42 Å². The average molecular weight is 359 g/mol. The van der Waals surface area contributed by atoms with E-state index < -0.39 is 9.85 Å². The van der Waals surface area contributed by atoms with Gasteiger partial charge in [0.15, 0.2) is 0 Å². The van der Waals surface area contributed by atoms with E-state index in [0.717, 1.165) is 5.69 Å². The fourth-order valence-electron chi connectivity index (χ4n) is 2.60. The maximum Gasteiger partial charge on any atom is 0.269 e. The van der Waals surface area contributed by atoms with Crippen molar-refractivity contribution in [2.45, 2.75) is 0 Å². The molecule has 132 valence electrons. The molecule has 3 rings (SSSR count). The van der Waals surface area contributed by atoms with Gasteiger partial charge < -0.3 is 4.90 Å². The summed E-state index contributed by atoms with van der Waals surface area (Å²) in [5, 5.41) is 21.8. The molecule has 0 saturated heterocycles. The van der Waals surface area contributed by atoms with Crippen molar-refractivity contribution in [2.75, 3.05) is 4.90 Å². The van der Waals surface area contributed by atoms with Gasteiger partial charge in [0.25, 0.3) is 11.4 Å². The van der Waals surface area contributed by atoms with E-state index in [1.54, 1.807) is 36.4 Å². The van der Waals surface area contributed by atoms with E-state index >= 15 is 0 Å². The first-order valence-electron chi connectivity index (χ1n) is 7.85. The van der Waals surface area contributed by atoms with Crippen molar-refractivity contribution < 1.29 is 9.85 Å². The van der Waals surface area contributed by atoms with Crippen molar-refractivity contribution in [3.05, 3.63) is 98.6 Å². The van der Waals surface area contributed by atoms with E-state index in [4.69, 9.17) is 6.42 Å². The summed E-state index contributed by atoms with van der Waals surface area (Å²) in [6, 6.07) is 19.3. The second-order valence-electron chi connectivity index (χ2n) is 5.57. The lowest BCUT2D eigenvalue weighted by atomic mass is 10.1. The van der Waals surface area contributed by atoms with Crippen molar-refractivity contribution in [1.82, 2.24) is 0 Å². The molecule has 0 aliphatic heterocycles. The molecule has 0 heterocycles.